The standard InChI is InChI=1S/C10H23NSi/c1-5-7-9-10(8-6-2)12-11(3)4/h9H,5-8,12H2,1-4H3. The van der Waals surface area contributed by atoms with Gasteiger partial charge < -0.3 is 4.57 Å². The smallest absolute Gasteiger partial charge is 0.121 e. The van der Waals surface area contributed by atoms with E-state index < -0.39 is 0 Å². The Kier molecular flexibility index (Phi) is 7.51. The lowest BCUT2D eigenvalue weighted by atomic mass is 10.2. The van der Waals surface area contributed by atoms with Gasteiger partial charge in [0.05, 0.1) is 0 Å². The summed E-state index contributed by atoms with van der Waals surface area (Å²) in [6, 6.07) is 0. The summed E-state index contributed by atoms with van der Waals surface area (Å²) in [5.41, 5.74) is 0. The summed E-state index contributed by atoms with van der Waals surface area (Å²) in [6.07, 6.45) is 7.65. The summed E-state index contributed by atoms with van der Waals surface area (Å²) in [5.74, 6) is 0. The fourth-order valence-electron chi connectivity index (χ4n) is 1.32. The molecular formula is C10H23NSi. The lowest BCUT2D eigenvalue weighted by molar-refractivity contribution is 0.661. The average Bonchev–Trinajstić information content (AvgIpc) is 2.00. The van der Waals surface area contributed by atoms with Crippen molar-refractivity contribution in [3.8, 4) is 0 Å². The first kappa shape index (κ1) is 11.9. The second kappa shape index (κ2) is 7.56. The average molecular weight is 185 g/mol. The maximum atomic E-state index is 2.47. The van der Waals surface area contributed by atoms with E-state index in [4.69, 9.17) is 0 Å². The number of nitrogens with zero attached hydrogens (tertiary/aromatic N) is 1. The molecule has 1 nitrogen and oxygen atoms in total. The predicted molar refractivity (Wildman–Crippen MR) is 60.1 cm³/mol. The Hall–Kier alpha value is -0.0831. The zero-order chi connectivity index (χ0) is 9.40. The van der Waals surface area contributed by atoms with Crippen molar-refractivity contribution >= 4 is 9.68 Å². The third kappa shape index (κ3) is 6.62. The Balaban J connectivity index is 3.84. The fourth-order valence-corrected chi connectivity index (χ4v) is 2.98. The van der Waals surface area contributed by atoms with E-state index in [9.17, 15) is 0 Å². The van der Waals surface area contributed by atoms with Gasteiger partial charge in [0.25, 0.3) is 0 Å². The lowest BCUT2D eigenvalue weighted by Crippen LogP contribution is -2.19. The molecule has 0 aromatic heterocycles. The van der Waals surface area contributed by atoms with Gasteiger partial charge in [0.2, 0.25) is 0 Å². The molecule has 0 fully saturated rings. The van der Waals surface area contributed by atoms with Crippen LogP contribution in [0.25, 0.3) is 0 Å². The molecule has 0 atom stereocenters. The highest BCUT2D eigenvalue weighted by atomic mass is 28.2. The van der Waals surface area contributed by atoms with Crippen LogP contribution in [0.2, 0.25) is 0 Å². The second-order valence-electron chi connectivity index (χ2n) is 3.64. The zero-order valence-corrected chi connectivity index (χ0v) is 10.5. The first-order valence-electron chi connectivity index (χ1n) is 5.03. The highest BCUT2D eigenvalue weighted by Crippen LogP contribution is 2.06. The normalized spacial score (nSPS) is 13.6. The summed E-state index contributed by atoms with van der Waals surface area (Å²) in [6.45, 7) is 4.52. The van der Waals surface area contributed by atoms with Crippen LogP contribution in [0.15, 0.2) is 11.3 Å². The van der Waals surface area contributed by atoms with Crippen molar-refractivity contribution < 1.29 is 0 Å². The second-order valence-corrected chi connectivity index (χ2v) is 6.13. The highest BCUT2D eigenvalue weighted by Gasteiger charge is 1.98. The van der Waals surface area contributed by atoms with Crippen molar-refractivity contribution in [2.45, 2.75) is 39.5 Å². The van der Waals surface area contributed by atoms with E-state index in [1.807, 2.05) is 0 Å². The van der Waals surface area contributed by atoms with Crippen molar-refractivity contribution in [1.29, 1.82) is 0 Å². The van der Waals surface area contributed by atoms with Crippen LogP contribution in [-0.2, 0) is 0 Å². The van der Waals surface area contributed by atoms with Gasteiger partial charge in [-0.3, -0.25) is 0 Å². The van der Waals surface area contributed by atoms with Crippen molar-refractivity contribution in [3.63, 3.8) is 0 Å². The van der Waals surface area contributed by atoms with Crippen molar-refractivity contribution in [1.82, 2.24) is 4.57 Å². The summed E-state index contributed by atoms with van der Waals surface area (Å²) in [5, 5.41) is 1.74. The molecule has 12 heavy (non-hydrogen) atoms. The summed E-state index contributed by atoms with van der Waals surface area (Å²) >= 11 is 0. The first-order chi connectivity index (χ1) is 5.70. The van der Waals surface area contributed by atoms with Crippen LogP contribution in [0.3, 0.4) is 0 Å². The molecule has 0 saturated carbocycles. The molecule has 0 unspecified atom stereocenters. The molecule has 2 heteroatoms. The molecule has 0 N–H and O–H groups in total. The van der Waals surface area contributed by atoms with Crippen LogP contribution in [0.1, 0.15) is 39.5 Å². The van der Waals surface area contributed by atoms with Crippen LogP contribution >= 0.6 is 0 Å². The van der Waals surface area contributed by atoms with Gasteiger partial charge >= 0.3 is 0 Å². The minimum Gasteiger partial charge on any atom is -0.331 e. The highest BCUT2D eigenvalue weighted by molar-refractivity contribution is 6.41. The lowest BCUT2D eigenvalue weighted by Gasteiger charge is -2.11. The van der Waals surface area contributed by atoms with E-state index in [2.05, 4.69) is 38.6 Å². The van der Waals surface area contributed by atoms with Gasteiger partial charge in [-0.05, 0) is 26.9 Å². The Bertz CT molecular complexity index is 130. The molecular weight excluding hydrogens is 162 g/mol. The van der Waals surface area contributed by atoms with E-state index in [1.165, 1.54) is 25.7 Å². The van der Waals surface area contributed by atoms with Gasteiger partial charge in [-0.2, -0.15) is 0 Å². The predicted octanol–water partition coefficient (Wildman–Crippen LogP) is 2.12. The van der Waals surface area contributed by atoms with E-state index in [0.717, 1.165) is 0 Å². The third-order valence-electron chi connectivity index (χ3n) is 1.81. The number of rotatable bonds is 6. The summed E-state index contributed by atoms with van der Waals surface area (Å²) in [7, 11) is 4.32. The summed E-state index contributed by atoms with van der Waals surface area (Å²) in [4.78, 5) is 0. The molecule has 0 amide bonds. The minimum atomic E-state index is -0.0768. The van der Waals surface area contributed by atoms with Crippen molar-refractivity contribution in [2.24, 2.45) is 0 Å². The van der Waals surface area contributed by atoms with Crippen LogP contribution in [-0.4, -0.2) is 28.3 Å². The Morgan fingerprint density at radius 3 is 2.33 bits per heavy atom. The van der Waals surface area contributed by atoms with Gasteiger partial charge in [0, 0.05) is 0 Å². The van der Waals surface area contributed by atoms with Gasteiger partial charge in [0.1, 0.15) is 9.68 Å². The molecule has 0 aromatic rings. The SMILES string of the molecule is CCCC=C(CCC)[SiH2]N(C)C. The molecule has 72 valence electrons. The van der Waals surface area contributed by atoms with Gasteiger partial charge in [-0.1, -0.05) is 38.0 Å². The largest absolute Gasteiger partial charge is 0.331 e. The number of hydrogen-bond donors (Lipinski definition) is 0. The van der Waals surface area contributed by atoms with Crippen LogP contribution < -0.4 is 0 Å². The van der Waals surface area contributed by atoms with Crippen LogP contribution in [0.5, 0.6) is 0 Å². The molecule has 0 saturated heterocycles. The van der Waals surface area contributed by atoms with Crippen molar-refractivity contribution in [2.75, 3.05) is 14.1 Å². The van der Waals surface area contributed by atoms with Crippen LogP contribution in [0.4, 0.5) is 0 Å². The monoisotopic (exact) mass is 185 g/mol. The van der Waals surface area contributed by atoms with Gasteiger partial charge in [0.15, 0.2) is 0 Å². The van der Waals surface area contributed by atoms with E-state index in [0.29, 0.717) is 0 Å². The Labute approximate surface area is 79.7 Å². The maximum Gasteiger partial charge on any atom is 0.121 e. The molecule has 0 spiro atoms. The Morgan fingerprint density at radius 1 is 1.25 bits per heavy atom. The van der Waals surface area contributed by atoms with E-state index in [-0.39, 0.29) is 9.68 Å². The van der Waals surface area contributed by atoms with Crippen LogP contribution in [0, 0.1) is 0 Å². The maximum absolute atomic E-state index is 2.47. The number of allylic oxidation sites excluding steroid dienone is 2. The third-order valence-corrected chi connectivity index (χ3v) is 3.49. The van der Waals surface area contributed by atoms with E-state index >= 15 is 0 Å². The molecule has 0 rings (SSSR count). The fraction of sp³-hybridized carbons (Fsp3) is 0.800. The molecule has 0 aliphatic rings. The molecule has 0 heterocycles. The Morgan fingerprint density at radius 2 is 1.92 bits per heavy atom. The molecule has 0 aromatic carbocycles. The van der Waals surface area contributed by atoms with Gasteiger partial charge in [-0.25, -0.2) is 0 Å². The minimum absolute atomic E-state index is 0.0768. The van der Waals surface area contributed by atoms with Crippen molar-refractivity contribution in [3.05, 3.63) is 11.3 Å². The number of unbranched alkanes of at least 4 members (excludes halogenated alkanes) is 1. The zero-order valence-electron chi connectivity index (χ0n) is 9.06. The number of hydrogen-bond acceptors (Lipinski definition) is 1. The van der Waals surface area contributed by atoms with E-state index in [1.54, 1.807) is 5.20 Å². The quantitative estimate of drug-likeness (QED) is 0.573. The topological polar surface area (TPSA) is 3.24 Å². The molecule has 0 aliphatic heterocycles. The first-order valence-corrected chi connectivity index (χ1v) is 6.37. The molecule has 0 bridgehead atoms. The van der Waals surface area contributed by atoms with Gasteiger partial charge in [-0.15, -0.1) is 0 Å². The molecule has 0 aliphatic carbocycles. The molecule has 0 radical (unpaired) electrons. The summed E-state index contributed by atoms with van der Waals surface area (Å²) < 4.78 is 2.39.